The van der Waals surface area contributed by atoms with Crippen LogP contribution in [0.1, 0.15) is 39.5 Å². The van der Waals surface area contributed by atoms with Gasteiger partial charge in [-0.05, 0) is 31.7 Å². The van der Waals surface area contributed by atoms with Crippen LogP contribution in [0.15, 0.2) is 0 Å². The van der Waals surface area contributed by atoms with Crippen LogP contribution >= 0.6 is 0 Å². The standard InChI is InChI=1S/C12H25NO/c1-10(2)8-13(3)9-11-6-4-5-7-12(11)14/h10-12,14H,4-9H2,1-3H3. The SMILES string of the molecule is CC(C)CN(C)CC1CCCCC1O. The zero-order valence-electron chi connectivity index (χ0n) is 9.87. The molecule has 2 unspecified atom stereocenters. The second-order valence-corrected chi connectivity index (χ2v) is 5.23. The lowest BCUT2D eigenvalue weighted by atomic mass is 9.86. The summed E-state index contributed by atoms with van der Waals surface area (Å²) in [5.41, 5.74) is 0. The third-order valence-corrected chi connectivity index (χ3v) is 3.09. The van der Waals surface area contributed by atoms with Crippen LogP contribution in [-0.2, 0) is 0 Å². The summed E-state index contributed by atoms with van der Waals surface area (Å²) in [4.78, 5) is 2.36. The third-order valence-electron chi connectivity index (χ3n) is 3.09. The maximum atomic E-state index is 9.83. The van der Waals surface area contributed by atoms with Crippen molar-refractivity contribution in [2.75, 3.05) is 20.1 Å². The maximum Gasteiger partial charge on any atom is 0.0580 e. The van der Waals surface area contributed by atoms with Crippen molar-refractivity contribution < 1.29 is 5.11 Å². The van der Waals surface area contributed by atoms with Crippen LogP contribution in [0.2, 0.25) is 0 Å². The summed E-state index contributed by atoms with van der Waals surface area (Å²) in [6, 6.07) is 0. The molecule has 2 nitrogen and oxygen atoms in total. The lowest BCUT2D eigenvalue weighted by molar-refractivity contribution is 0.0496. The fourth-order valence-electron chi connectivity index (χ4n) is 2.50. The lowest BCUT2D eigenvalue weighted by Crippen LogP contribution is -2.36. The molecule has 0 heterocycles. The van der Waals surface area contributed by atoms with Crippen molar-refractivity contribution >= 4 is 0 Å². The van der Waals surface area contributed by atoms with E-state index in [1.54, 1.807) is 0 Å². The molecule has 0 aromatic heterocycles. The van der Waals surface area contributed by atoms with Gasteiger partial charge in [-0.2, -0.15) is 0 Å². The molecule has 0 bridgehead atoms. The topological polar surface area (TPSA) is 23.5 Å². The van der Waals surface area contributed by atoms with Crippen molar-refractivity contribution in [3.63, 3.8) is 0 Å². The first-order valence-electron chi connectivity index (χ1n) is 5.96. The number of aliphatic hydroxyl groups is 1. The first kappa shape index (κ1) is 12.0. The molecular weight excluding hydrogens is 174 g/mol. The van der Waals surface area contributed by atoms with E-state index in [9.17, 15) is 5.11 Å². The summed E-state index contributed by atoms with van der Waals surface area (Å²) in [7, 11) is 2.17. The molecule has 0 aliphatic heterocycles. The normalized spacial score (nSPS) is 28.7. The highest BCUT2D eigenvalue weighted by Crippen LogP contribution is 2.24. The van der Waals surface area contributed by atoms with Gasteiger partial charge in [0.05, 0.1) is 6.10 Å². The molecule has 14 heavy (non-hydrogen) atoms. The van der Waals surface area contributed by atoms with Gasteiger partial charge in [-0.15, -0.1) is 0 Å². The molecule has 0 radical (unpaired) electrons. The maximum absolute atomic E-state index is 9.83. The Hall–Kier alpha value is -0.0800. The molecule has 0 spiro atoms. The molecule has 2 atom stereocenters. The Morgan fingerprint density at radius 1 is 1.29 bits per heavy atom. The van der Waals surface area contributed by atoms with Gasteiger partial charge in [-0.1, -0.05) is 26.7 Å². The highest BCUT2D eigenvalue weighted by molar-refractivity contribution is 4.76. The Bertz CT molecular complexity index is 158. The Kier molecular flexibility index (Phi) is 4.90. The second-order valence-electron chi connectivity index (χ2n) is 5.23. The Balaban J connectivity index is 2.27. The van der Waals surface area contributed by atoms with E-state index in [2.05, 4.69) is 25.8 Å². The van der Waals surface area contributed by atoms with Crippen molar-refractivity contribution in [2.24, 2.45) is 11.8 Å². The summed E-state index contributed by atoms with van der Waals surface area (Å²) < 4.78 is 0. The number of hydrogen-bond donors (Lipinski definition) is 1. The molecule has 1 aliphatic carbocycles. The fourth-order valence-corrected chi connectivity index (χ4v) is 2.50. The largest absolute Gasteiger partial charge is 0.393 e. The van der Waals surface area contributed by atoms with Crippen LogP contribution in [0.5, 0.6) is 0 Å². The van der Waals surface area contributed by atoms with Crippen LogP contribution in [0.3, 0.4) is 0 Å². The van der Waals surface area contributed by atoms with Crippen molar-refractivity contribution in [2.45, 2.75) is 45.6 Å². The van der Waals surface area contributed by atoms with Gasteiger partial charge < -0.3 is 10.0 Å². The molecule has 2 heteroatoms. The van der Waals surface area contributed by atoms with E-state index >= 15 is 0 Å². The molecule has 0 aromatic rings. The minimum atomic E-state index is -0.0432. The quantitative estimate of drug-likeness (QED) is 0.749. The van der Waals surface area contributed by atoms with E-state index in [0.29, 0.717) is 5.92 Å². The van der Waals surface area contributed by atoms with E-state index in [1.807, 2.05) is 0 Å². The average molecular weight is 199 g/mol. The van der Waals surface area contributed by atoms with E-state index in [0.717, 1.165) is 25.4 Å². The molecule has 1 saturated carbocycles. The van der Waals surface area contributed by atoms with Gasteiger partial charge in [0.2, 0.25) is 0 Å². The first-order chi connectivity index (χ1) is 6.59. The van der Waals surface area contributed by atoms with Crippen molar-refractivity contribution in [3.05, 3.63) is 0 Å². The van der Waals surface area contributed by atoms with Gasteiger partial charge in [0.25, 0.3) is 0 Å². The first-order valence-corrected chi connectivity index (χ1v) is 5.96. The zero-order chi connectivity index (χ0) is 10.6. The summed E-state index contributed by atoms with van der Waals surface area (Å²) in [5, 5.41) is 9.83. The number of aliphatic hydroxyl groups excluding tert-OH is 1. The molecule has 0 aromatic carbocycles. The van der Waals surface area contributed by atoms with E-state index in [-0.39, 0.29) is 6.10 Å². The smallest absolute Gasteiger partial charge is 0.0580 e. The number of rotatable bonds is 4. The van der Waals surface area contributed by atoms with Crippen LogP contribution in [0.25, 0.3) is 0 Å². The third kappa shape index (κ3) is 3.97. The minimum Gasteiger partial charge on any atom is -0.393 e. The highest BCUT2D eigenvalue weighted by atomic mass is 16.3. The van der Waals surface area contributed by atoms with Crippen LogP contribution in [-0.4, -0.2) is 36.2 Å². The van der Waals surface area contributed by atoms with E-state index in [4.69, 9.17) is 0 Å². The molecule has 1 aliphatic rings. The Labute approximate surface area is 88.3 Å². The molecule has 84 valence electrons. The van der Waals surface area contributed by atoms with Crippen LogP contribution in [0.4, 0.5) is 0 Å². The Morgan fingerprint density at radius 3 is 2.50 bits per heavy atom. The number of nitrogens with zero attached hydrogens (tertiary/aromatic N) is 1. The predicted octanol–water partition coefficient (Wildman–Crippen LogP) is 2.13. The van der Waals surface area contributed by atoms with Gasteiger partial charge in [0, 0.05) is 13.1 Å². The average Bonchev–Trinajstić information content (AvgIpc) is 2.07. The lowest BCUT2D eigenvalue weighted by Gasteiger charge is -2.31. The van der Waals surface area contributed by atoms with Gasteiger partial charge in [-0.25, -0.2) is 0 Å². The van der Waals surface area contributed by atoms with Gasteiger partial charge in [-0.3, -0.25) is 0 Å². The van der Waals surface area contributed by atoms with E-state index in [1.165, 1.54) is 19.3 Å². The zero-order valence-corrected chi connectivity index (χ0v) is 9.87. The summed E-state index contributed by atoms with van der Waals surface area (Å²) in [6.07, 6.45) is 4.70. The van der Waals surface area contributed by atoms with Crippen LogP contribution < -0.4 is 0 Å². The summed E-state index contributed by atoms with van der Waals surface area (Å²) >= 11 is 0. The molecule has 0 amide bonds. The molecule has 1 N–H and O–H groups in total. The van der Waals surface area contributed by atoms with E-state index < -0.39 is 0 Å². The monoisotopic (exact) mass is 199 g/mol. The summed E-state index contributed by atoms with van der Waals surface area (Å²) in [5.74, 6) is 1.24. The van der Waals surface area contributed by atoms with Gasteiger partial charge in [0.1, 0.15) is 0 Å². The fraction of sp³-hybridized carbons (Fsp3) is 1.00. The molecular formula is C12H25NO. The summed E-state index contributed by atoms with van der Waals surface area (Å²) in [6.45, 7) is 6.70. The minimum absolute atomic E-state index is 0.0432. The molecule has 1 rings (SSSR count). The second kappa shape index (κ2) is 5.72. The number of hydrogen-bond acceptors (Lipinski definition) is 2. The van der Waals surface area contributed by atoms with Gasteiger partial charge in [0.15, 0.2) is 0 Å². The molecule has 0 saturated heterocycles. The van der Waals surface area contributed by atoms with Crippen molar-refractivity contribution in [1.82, 2.24) is 4.90 Å². The van der Waals surface area contributed by atoms with Crippen molar-refractivity contribution in [1.29, 1.82) is 0 Å². The van der Waals surface area contributed by atoms with Gasteiger partial charge >= 0.3 is 0 Å². The highest BCUT2D eigenvalue weighted by Gasteiger charge is 2.23. The predicted molar refractivity (Wildman–Crippen MR) is 60.3 cm³/mol. The van der Waals surface area contributed by atoms with Crippen molar-refractivity contribution in [3.8, 4) is 0 Å². The molecule has 1 fully saturated rings. The Morgan fingerprint density at radius 2 is 1.93 bits per heavy atom. The van der Waals surface area contributed by atoms with Crippen LogP contribution in [0, 0.1) is 11.8 Å².